The smallest absolute Gasteiger partial charge is 0.290 e. The van der Waals surface area contributed by atoms with Gasteiger partial charge in [-0.1, -0.05) is 22.0 Å². The lowest BCUT2D eigenvalue weighted by atomic mass is 10.2. The molecule has 4 heteroatoms. The Balaban J connectivity index is 2.08. The van der Waals surface area contributed by atoms with E-state index in [-0.39, 0.29) is 5.91 Å². The minimum atomic E-state index is -0.0234. The molecule has 0 atom stereocenters. The van der Waals surface area contributed by atoms with E-state index in [9.17, 15) is 4.79 Å². The van der Waals surface area contributed by atoms with Gasteiger partial charge in [0.1, 0.15) is 0 Å². The zero-order valence-electron chi connectivity index (χ0n) is 11.0. The number of carbonyl (C=O) groups excluding carboxylic acids is 1. The number of aromatic nitrogens is 1. The fourth-order valence-electron chi connectivity index (χ4n) is 1.85. The highest BCUT2D eigenvalue weighted by Gasteiger charge is 2.12. The monoisotopic (exact) mass is 319 g/mol. The van der Waals surface area contributed by atoms with E-state index in [1.54, 1.807) is 0 Å². The summed E-state index contributed by atoms with van der Waals surface area (Å²) in [5, 5.41) is 2.93. The van der Waals surface area contributed by atoms with Crippen LogP contribution >= 0.6 is 15.9 Å². The second kappa shape index (κ2) is 5.97. The van der Waals surface area contributed by atoms with Gasteiger partial charge in [-0.15, -0.1) is 0 Å². The predicted molar refractivity (Wildman–Crippen MR) is 78.9 cm³/mol. The molecule has 0 aliphatic carbocycles. The first-order valence-corrected chi connectivity index (χ1v) is 6.86. The number of rotatable bonds is 3. The second-order valence-corrected chi connectivity index (χ2v) is 5.39. The molecule has 98 valence electrons. The Morgan fingerprint density at radius 2 is 2.05 bits per heavy atom. The molecule has 0 spiro atoms. The van der Waals surface area contributed by atoms with E-state index in [2.05, 4.69) is 21.2 Å². The highest BCUT2D eigenvalue weighted by atomic mass is 79.9. The van der Waals surface area contributed by atoms with E-state index in [1.165, 1.54) is 0 Å². The largest absolute Gasteiger partial charge is 0.320 e. The number of amides is 1. The van der Waals surface area contributed by atoms with Crippen molar-refractivity contribution in [2.24, 2.45) is 0 Å². The summed E-state index contributed by atoms with van der Waals surface area (Å²) >= 11 is 3.41. The number of nitrogens with one attached hydrogen (secondary N) is 1. The number of nitrogens with zero attached hydrogens (tertiary/aromatic N) is 1. The molecule has 19 heavy (non-hydrogen) atoms. The number of halogens is 1. The summed E-state index contributed by atoms with van der Waals surface area (Å²) < 4.78 is 2.93. The third-order valence-electron chi connectivity index (χ3n) is 2.94. The minimum Gasteiger partial charge on any atom is -0.320 e. The molecule has 2 rings (SSSR count). The first-order valence-electron chi connectivity index (χ1n) is 6.07. The van der Waals surface area contributed by atoms with Gasteiger partial charge in [0.2, 0.25) is 6.54 Å². The standard InChI is InChI=1S/C15H15BrN2O/c1-11-9-13(16)6-7-14(11)17-15(19)10-18-8-4-3-5-12(18)2/h3-9H,10H2,1-2H3/p+1. The van der Waals surface area contributed by atoms with Crippen LogP contribution in [0.25, 0.3) is 0 Å². The molecule has 1 N–H and O–H groups in total. The van der Waals surface area contributed by atoms with Crippen LogP contribution in [-0.2, 0) is 11.3 Å². The number of anilines is 1. The summed E-state index contributed by atoms with van der Waals surface area (Å²) in [5.41, 5.74) is 2.95. The van der Waals surface area contributed by atoms with Crippen LogP contribution in [-0.4, -0.2) is 5.91 Å². The van der Waals surface area contributed by atoms with Crippen LogP contribution in [0, 0.1) is 13.8 Å². The van der Waals surface area contributed by atoms with Crippen molar-refractivity contribution in [2.45, 2.75) is 20.4 Å². The summed E-state index contributed by atoms with van der Waals surface area (Å²) in [6, 6.07) is 11.7. The Bertz CT molecular complexity index is 611. The molecular weight excluding hydrogens is 304 g/mol. The Morgan fingerprint density at radius 1 is 1.26 bits per heavy atom. The number of benzene rings is 1. The lowest BCUT2D eigenvalue weighted by molar-refractivity contribution is -0.690. The van der Waals surface area contributed by atoms with Crippen molar-refractivity contribution in [3.05, 3.63) is 58.3 Å². The molecule has 0 saturated heterocycles. The lowest BCUT2D eigenvalue weighted by Crippen LogP contribution is -2.42. The summed E-state index contributed by atoms with van der Waals surface area (Å²) in [5.74, 6) is -0.0234. The van der Waals surface area contributed by atoms with Gasteiger partial charge in [-0.05, 0) is 30.7 Å². The van der Waals surface area contributed by atoms with E-state index in [0.717, 1.165) is 21.4 Å². The van der Waals surface area contributed by atoms with Crippen LogP contribution < -0.4 is 9.88 Å². The van der Waals surface area contributed by atoms with Crippen LogP contribution in [0.1, 0.15) is 11.3 Å². The second-order valence-electron chi connectivity index (χ2n) is 4.48. The maximum atomic E-state index is 12.0. The number of aryl methyl sites for hydroxylation is 2. The fraction of sp³-hybridized carbons (Fsp3) is 0.200. The minimum absolute atomic E-state index is 0.0234. The molecule has 1 amide bonds. The SMILES string of the molecule is Cc1cc(Br)ccc1NC(=O)C[n+]1ccccc1C. The van der Waals surface area contributed by atoms with E-state index in [1.807, 2.05) is 61.0 Å². The number of carbonyl (C=O) groups is 1. The molecular formula is C15H16BrN2O+. The zero-order chi connectivity index (χ0) is 13.8. The average Bonchev–Trinajstić information content (AvgIpc) is 2.36. The van der Waals surface area contributed by atoms with Crippen molar-refractivity contribution < 1.29 is 9.36 Å². The number of hydrogen-bond donors (Lipinski definition) is 1. The lowest BCUT2D eigenvalue weighted by Gasteiger charge is -2.07. The van der Waals surface area contributed by atoms with Crippen LogP contribution in [0.3, 0.4) is 0 Å². The highest BCUT2D eigenvalue weighted by Crippen LogP contribution is 2.19. The fourth-order valence-corrected chi connectivity index (χ4v) is 2.33. The molecule has 2 aromatic rings. The topological polar surface area (TPSA) is 33.0 Å². The predicted octanol–water partition coefficient (Wildman–Crippen LogP) is 2.99. The van der Waals surface area contributed by atoms with Gasteiger partial charge in [0.15, 0.2) is 11.9 Å². The molecule has 0 aliphatic heterocycles. The van der Waals surface area contributed by atoms with Gasteiger partial charge in [-0.25, -0.2) is 0 Å². The van der Waals surface area contributed by atoms with Gasteiger partial charge >= 0.3 is 0 Å². The Kier molecular flexibility index (Phi) is 4.32. The molecule has 0 fully saturated rings. The van der Waals surface area contributed by atoms with Gasteiger partial charge in [0, 0.05) is 29.2 Å². The van der Waals surface area contributed by atoms with Crippen molar-refractivity contribution in [3.8, 4) is 0 Å². The summed E-state index contributed by atoms with van der Waals surface area (Å²) in [4.78, 5) is 12.0. The maximum Gasteiger partial charge on any atom is 0.290 e. The van der Waals surface area contributed by atoms with Gasteiger partial charge in [0.25, 0.3) is 5.91 Å². The van der Waals surface area contributed by atoms with Crippen molar-refractivity contribution in [3.63, 3.8) is 0 Å². The highest BCUT2D eigenvalue weighted by molar-refractivity contribution is 9.10. The molecule has 1 aromatic carbocycles. The van der Waals surface area contributed by atoms with Crippen molar-refractivity contribution in [1.82, 2.24) is 0 Å². The maximum absolute atomic E-state index is 12.0. The van der Waals surface area contributed by atoms with Crippen LogP contribution in [0.15, 0.2) is 47.1 Å². The van der Waals surface area contributed by atoms with E-state index in [0.29, 0.717) is 6.54 Å². The van der Waals surface area contributed by atoms with Crippen molar-refractivity contribution >= 4 is 27.5 Å². The molecule has 0 saturated carbocycles. The Morgan fingerprint density at radius 3 is 2.74 bits per heavy atom. The summed E-state index contributed by atoms with van der Waals surface area (Å²) in [7, 11) is 0. The zero-order valence-corrected chi connectivity index (χ0v) is 12.6. The quantitative estimate of drug-likeness (QED) is 0.867. The van der Waals surface area contributed by atoms with Gasteiger partial charge in [0.05, 0.1) is 0 Å². The van der Waals surface area contributed by atoms with Gasteiger partial charge in [-0.2, -0.15) is 4.57 Å². The molecule has 1 aromatic heterocycles. The molecule has 0 unspecified atom stereocenters. The van der Waals surface area contributed by atoms with Crippen LogP contribution in [0.4, 0.5) is 5.69 Å². The number of hydrogen-bond acceptors (Lipinski definition) is 1. The van der Waals surface area contributed by atoms with Crippen LogP contribution in [0.5, 0.6) is 0 Å². The summed E-state index contributed by atoms with van der Waals surface area (Å²) in [6.07, 6.45) is 1.91. The van der Waals surface area contributed by atoms with Crippen molar-refractivity contribution in [1.29, 1.82) is 0 Å². The molecule has 0 aliphatic rings. The van der Waals surface area contributed by atoms with Gasteiger partial charge < -0.3 is 5.32 Å². The van der Waals surface area contributed by atoms with E-state index in [4.69, 9.17) is 0 Å². The Hall–Kier alpha value is -1.68. The van der Waals surface area contributed by atoms with E-state index < -0.39 is 0 Å². The van der Waals surface area contributed by atoms with Crippen molar-refractivity contribution in [2.75, 3.05) is 5.32 Å². The third kappa shape index (κ3) is 3.64. The van der Waals surface area contributed by atoms with Gasteiger partial charge in [-0.3, -0.25) is 4.79 Å². The Labute approximate surface area is 121 Å². The number of pyridine rings is 1. The molecule has 0 radical (unpaired) electrons. The average molecular weight is 320 g/mol. The molecule has 0 bridgehead atoms. The first kappa shape index (κ1) is 13.7. The third-order valence-corrected chi connectivity index (χ3v) is 3.44. The molecule has 1 heterocycles. The molecule has 3 nitrogen and oxygen atoms in total. The van der Waals surface area contributed by atoms with E-state index >= 15 is 0 Å². The first-order chi connectivity index (χ1) is 9.06. The summed E-state index contributed by atoms with van der Waals surface area (Å²) in [6.45, 7) is 4.28. The normalized spacial score (nSPS) is 10.3. The van der Waals surface area contributed by atoms with Crippen LogP contribution in [0.2, 0.25) is 0 Å².